The van der Waals surface area contributed by atoms with E-state index in [9.17, 15) is 4.79 Å². The minimum atomic E-state index is -0.353. The molecule has 0 aromatic heterocycles. The molecule has 0 radical (unpaired) electrons. The maximum atomic E-state index is 12.6. The molecule has 2 aromatic rings. The van der Waals surface area contributed by atoms with Gasteiger partial charge in [0.25, 0.3) is 0 Å². The van der Waals surface area contributed by atoms with Gasteiger partial charge in [0.2, 0.25) is 0 Å². The fourth-order valence-electron chi connectivity index (χ4n) is 8.65. The third-order valence-corrected chi connectivity index (χ3v) is 12.8. The number of carbonyl (C=O) groups is 1. The minimum Gasteiger partial charge on any atom is -0.487 e. The van der Waals surface area contributed by atoms with Gasteiger partial charge in [-0.2, -0.15) is 0 Å². The molecule has 3 aliphatic heterocycles. The Labute approximate surface area is 312 Å². The van der Waals surface area contributed by atoms with Crippen LogP contribution in [0, 0.1) is 23.7 Å². The molecule has 8 heteroatoms. The van der Waals surface area contributed by atoms with E-state index in [-0.39, 0.29) is 11.4 Å². The number of halogens is 1. The van der Waals surface area contributed by atoms with Crippen LogP contribution < -0.4 is 9.64 Å². The number of fused-ring (bicyclic) bond motifs is 2. The van der Waals surface area contributed by atoms with Gasteiger partial charge in [-0.15, -0.1) is 0 Å². The first-order valence-electron chi connectivity index (χ1n) is 19.7. The number of anilines is 1. The zero-order chi connectivity index (χ0) is 36.0. The van der Waals surface area contributed by atoms with Gasteiger partial charge in [0.1, 0.15) is 18.0 Å². The molecule has 1 saturated carbocycles. The van der Waals surface area contributed by atoms with Crippen molar-refractivity contribution in [3.05, 3.63) is 70.3 Å². The molecule has 7 nitrogen and oxygen atoms in total. The molecule has 0 bridgehead atoms. The maximum Gasteiger partial charge on any atom is 0.159 e. The third kappa shape index (κ3) is 9.39. The molecule has 51 heavy (non-hydrogen) atoms. The number of carbonyl (C=O) groups excluding carboxylic acids is 1. The average molecular weight is 720 g/mol. The first-order valence-corrected chi connectivity index (χ1v) is 20.1. The van der Waals surface area contributed by atoms with Crippen LogP contribution in [0.1, 0.15) is 87.7 Å². The predicted octanol–water partition coefficient (Wildman–Crippen LogP) is 8.32. The Balaban J connectivity index is 1.24. The zero-order valence-electron chi connectivity index (χ0n) is 31.9. The number of ether oxygens (including phenoxy) is 3. The summed E-state index contributed by atoms with van der Waals surface area (Å²) in [5.41, 5.74) is 3.84. The topological polar surface area (TPSA) is 54.5 Å². The number of rotatable bonds is 12. The second-order valence-corrected chi connectivity index (χ2v) is 16.6. The van der Waals surface area contributed by atoms with Gasteiger partial charge in [-0.05, 0) is 117 Å². The molecule has 5 atom stereocenters. The van der Waals surface area contributed by atoms with Gasteiger partial charge in [0, 0.05) is 76.2 Å². The van der Waals surface area contributed by atoms with E-state index in [4.69, 9.17) is 25.8 Å². The number of methoxy groups -OCH3 is 1. The summed E-state index contributed by atoms with van der Waals surface area (Å²) in [5, 5.41) is 0.771. The van der Waals surface area contributed by atoms with E-state index in [0.717, 1.165) is 120 Å². The SMILES string of the molecule is COC(/C=C/C[C@H](C)C(C)C)(CN1CCN([C@H]2CCOC2)CC1)[C@@H]1CC[C@H]1CN1CCCCc2cc(Cl)ccc2COc2ccc(C(C)=O)cc21. The van der Waals surface area contributed by atoms with Gasteiger partial charge < -0.3 is 19.1 Å². The first-order chi connectivity index (χ1) is 24.7. The highest BCUT2D eigenvalue weighted by atomic mass is 35.5. The Morgan fingerprint density at radius 2 is 1.84 bits per heavy atom. The number of piperazine rings is 1. The number of nitrogens with zero attached hydrogens (tertiary/aromatic N) is 3. The highest BCUT2D eigenvalue weighted by Gasteiger charge is 2.48. The lowest BCUT2D eigenvalue weighted by Gasteiger charge is -2.52. The number of ketones is 1. The lowest BCUT2D eigenvalue weighted by atomic mass is 9.63. The zero-order valence-corrected chi connectivity index (χ0v) is 32.6. The number of benzene rings is 2. The van der Waals surface area contributed by atoms with Crippen LogP contribution in [0.25, 0.3) is 0 Å². The lowest BCUT2D eigenvalue weighted by molar-refractivity contribution is -0.0963. The van der Waals surface area contributed by atoms with Crippen molar-refractivity contribution in [2.24, 2.45) is 23.7 Å². The fraction of sp³-hybridized carbons (Fsp3) is 0.651. The highest BCUT2D eigenvalue weighted by Crippen LogP contribution is 2.47. The fourth-order valence-corrected chi connectivity index (χ4v) is 8.84. The summed E-state index contributed by atoms with van der Waals surface area (Å²) in [6, 6.07) is 12.7. The molecule has 1 aliphatic carbocycles. The number of aryl methyl sites for hydroxylation is 1. The van der Waals surface area contributed by atoms with Crippen molar-refractivity contribution < 1.29 is 19.0 Å². The number of allylic oxidation sites excluding steroid dienone is 1. The van der Waals surface area contributed by atoms with E-state index in [1.165, 1.54) is 17.5 Å². The van der Waals surface area contributed by atoms with Gasteiger partial charge in [-0.3, -0.25) is 14.6 Å². The molecule has 4 aliphatic rings. The maximum absolute atomic E-state index is 12.6. The van der Waals surface area contributed by atoms with Gasteiger partial charge in [0.15, 0.2) is 5.78 Å². The van der Waals surface area contributed by atoms with Gasteiger partial charge in [0.05, 0.1) is 12.3 Å². The van der Waals surface area contributed by atoms with E-state index >= 15 is 0 Å². The van der Waals surface area contributed by atoms with Crippen molar-refractivity contribution in [3.63, 3.8) is 0 Å². The summed E-state index contributed by atoms with van der Waals surface area (Å²) in [5.74, 6) is 3.05. The van der Waals surface area contributed by atoms with E-state index in [1.54, 1.807) is 6.92 Å². The normalized spacial score (nSPS) is 25.4. The second-order valence-electron chi connectivity index (χ2n) is 16.1. The van der Waals surface area contributed by atoms with Gasteiger partial charge in [-0.25, -0.2) is 0 Å². The largest absolute Gasteiger partial charge is 0.487 e. The number of hydrogen-bond acceptors (Lipinski definition) is 7. The van der Waals surface area contributed by atoms with E-state index in [1.807, 2.05) is 25.3 Å². The molecule has 3 heterocycles. The summed E-state index contributed by atoms with van der Waals surface area (Å²) < 4.78 is 19.0. The van der Waals surface area contributed by atoms with Crippen LogP contribution in [0.5, 0.6) is 5.75 Å². The predicted molar refractivity (Wildman–Crippen MR) is 208 cm³/mol. The molecular weight excluding hydrogens is 658 g/mol. The van der Waals surface area contributed by atoms with E-state index in [0.29, 0.717) is 36.3 Å². The Morgan fingerprint density at radius 1 is 1.02 bits per heavy atom. The Bertz CT molecular complexity index is 1480. The standard InChI is InChI=1S/C43H62ClN3O4/c1-31(2)32(3)9-8-18-43(49-5,30-45-20-22-46(23-21-45)39-17-24-50-29-39)40-15-12-36(40)27-47-19-7-6-10-35-25-38(44)14-11-37(35)28-51-42-16-13-34(33(4)48)26-41(42)47/h8,11,13-14,16,18,25-26,31-32,36,39-40H,6-7,9-10,12,15,17,19-24,27-30H2,1-5H3/b18-8+/t32-,36-,39-,40+,43?/m0/s1. The Kier molecular flexibility index (Phi) is 13.2. The minimum absolute atomic E-state index is 0.0771. The van der Waals surface area contributed by atoms with Crippen LogP contribution in [0.3, 0.4) is 0 Å². The monoisotopic (exact) mass is 719 g/mol. The smallest absolute Gasteiger partial charge is 0.159 e. The van der Waals surface area contributed by atoms with E-state index in [2.05, 4.69) is 65.8 Å². The molecular formula is C43H62ClN3O4. The number of Topliss-reactive ketones (excluding diaryl/α,β-unsaturated/α-hetero) is 1. The van der Waals surface area contributed by atoms with Crippen molar-refractivity contribution in [1.82, 2.24) is 9.80 Å². The summed E-state index contributed by atoms with van der Waals surface area (Å²) in [7, 11) is 1.94. The van der Waals surface area contributed by atoms with Gasteiger partial charge >= 0.3 is 0 Å². The highest BCUT2D eigenvalue weighted by molar-refractivity contribution is 6.30. The molecule has 6 rings (SSSR count). The molecule has 280 valence electrons. The lowest BCUT2D eigenvalue weighted by Crippen LogP contribution is -2.59. The van der Waals surface area contributed by atoms with Crippen LogP contribution in [-0.2, 0) is 22.5 Å². The third-order valence-electron chi connectivity index (χ3n) is 12.6. The molecule has 3 fully saturated rings. The van der Waals surface area contributed by atoms with Crippen molar-refractivity contribution in [2.45, 2.75) is 90.9 Å². The van der Waals surface area contributed by atoms with Crippen molar-refractivity contribution >= 4 is 23.1 Å². The molecule has 2 saturated heterocycles. The van der Waals surface area contributed by atoms with Crippen molar-refractivity contribution in [2.75, 3.05) is 71.0 Å². The van der Waals surface area contributed by atoms with Crippen molar-refractivity contribution in [3.8, 4) is 5.75 Å². The molecule has 2 aromatic carbocycles. The summed E-state index contributed by atoms with van der Waals surface area (Å²) in [6.45, 7) is 18.0. The quantitative estimate of drug-likeness (QED) is 0.162. The van der Waals surface area contributed by atoms with Crippen LogP contribution in [0.4, 0.5) is 5.69 Å². The average Bonchev–Trinajstić information content (AvgIpc) is 3.65. The summed E-state index contributed by atoms with van der Waals surface area (Å²) >= 11 is 6.42. The number of hydrogen-bond donors (Lipinski definition) is 0. The summed E-state index contributed by atoms with van der Waals surface area (Å²) in [6.07, 6.45) is 12.5. The van der Waals surface area contributed by atoms with Crippen LogP contribution in [-0.4, -0.2) is 93.4 Å². The van der Waals surface area contributed by atoms with Crippen LogP contribution >= 0.6 is 11.6 Å². The molecule has 0 N–H and O–H groups in total. The van der Waals surface area contributed by atoms with Crippen molar-refractivity contribution in [1.29, 1.82) is 0 Å². The second kappa shape index (κ2) is 17.6. The molecule has 0 spiro atoms. The van der Waals surface area contributed by atoms with E-state index < -0.39 is 0 Å². The Morgan fingerprint density at radius 3 is 2.53 bits per heavy atom. The van der Waals surface area contributed by atoms with Crippen LogP contribution in [0.15, 0.2) is 48.6 Å². The molecule has 0 amide bonds. The summed E-state index contributed by atoms with van der Waals surface area (Å²) in [4.78, 5) is 20.5. The Hall–Kier alpha value is -2.42. The van der Waals surface area contributed by atoms with Crippen LogP contribution in [0.2, 0.25) is 5.02 Å². The first kappa shape index (κ1) is 38.3. The van der Waals surface area contributed by atoms with Gasteiger partial charge in [-0.1, -0.05) is 50.6 Å². The molecule has 1 unspecified atom stereocenters.